The molecule has 0 N–H and O–H groups in total. The summed E-state index contributed by atoms with van der Waals surface area (Å²) in [5, 5.41) is 0.0718. The van der Waals surface area contributed by atoms with Gasteiger partial charge in [0.2, 0.25) is 15.9 Å². The summed E-state index contributed by atoms with van der Waals surface area (Å²) in [7, 11) is -3.74. The van der Waals surface area contributed by atoms with Crippen molar-refractivity contribution >= 4 is 45.1 Å². The van der Waals surface area contributed by atoms with E-state index in [4.69, 9.17) is 16.3 Å². The van der Waals surface area contributed by atoms with Crippen LogP contribution in [0.5, 0.6) is 0 Å². The minimum absolute atomic E-state index is 0.0718. The van der Waals surface area contributed by atoms with E-state index in [1.807, 2.05) is 0 Å². The largest absolute Gasteiger partial charge is 0.466 e. The lowest BCUT2D eigenvalue weighted by Crippen LogP contribution is -2.40. The van der Waals surface area contributed by atoms with Gasteiger partial charge in [-0.25, -0.2) is 12.7 Å². The number of benzene rings is 1. The van der Waals surface area contributed by atoms with Crippen LogP contribution in [0.1, 0.15) is 37.0 Å². The number of carbonyl (C=O) groups excluding carboxylic acids is 3. The SMILES string of the molecule is CCOC(=O)C1CCN(C(=O)c2ccc(N3C(=O)C(C)CS3(=O)=O)cc2Cl)CC1. The van der Waals surface area contributed by atoms with Gasteiger partial charge in [-0.15, -0.1) is 0 Å². The fraction of sp³-hybridized carbons (Fsp3) is 0.526. The molecule has 2 aliphatic rings. The summed E-state index contributed by atoms with van der Waals surface area (Å²) in [6, 6.07) is 4.18. The van der Waals surface area contributed by atoms with E-state index in [1.165, 1.54) is 18.2 Å². The summed E-state index contributed by atoms with van der Waals surface area (Å²) in [5.41, 5.74) is 0.351. The lowest BCUT2D eigenvalue weighted by atomic mass is 9.96. The summed E-state index contributed by atoms with van der Waals surface area (Å²) in [6.45, 7) is 4.44. The molecule has 8 nitrogen and oxygen atoms in total. The van der Waals surface area contributed by atoms with E-state index in [2.05, 4.69) is 0 Å². The van der Waals surface area contributed by atoms with Gasteiger partial charge >= 0.3 is 5.97 Å². The molecule has 0 saturated carbocycles. The normalized spacial score (nSPS) is 22.0. The quantitative estimate of drug-likeness (QED) is 0.661. The molecule has 10 heteroatoms. The fourth-order valence-electron chi connectivity index (χ4n) is 3.64. The van der Waals surface area contributed by atoms with Crippen molar-refractivity contribution in [3.05, 3.63) is 28.8 Å². The number of carbonyl (C=O) groups is 3. The van der Waals surface area contributed by atoms with Crippen molar-refractivity contribution in [2.75, 3.05) is 29.8 Å². The Labute approximate surface area is 174 Å². The van der Waals surface area contributed by atoms with Gasteiger partial charge in [0.25, 0.3) is 5.91 Å². The molecular weight excluding hydrogens is 420 g/mol. The molecule has 0 aliphatic carbocycles. The number of ether oxygens (including phenoxy) is 1. The average molecular weight is 443 g/mol. The Morgan fingerprint density at radius 1 is 1.24 bits per heavy atom. The molecule has 29 heavy (non-hydrogen) atoms. The molecule has 1 atom stereocenters. The number of rotatable bonds is 4. The number of hydrogen-bond donors (Lipinski definition) is 0. The van der Waals surface area contributed by atoms with Gasteiger partial charge in [-0.2, -0.15) is 0 Å². The van der Waals surface area contributed by atoms with Crippen LogP contribution in [0.25, 0.3) is 0 Å². The van der Waals surface area contributed by atoms with E-state index in [9.17, 15) is 22.8 Å². The lowest BCUT2D eigenvalue weighted by Gasteiger charge is -2.31. The first-order valence-corrected chi connectivity index (χ1v) is 11.5. The van der Waals surface area contributed by atoms with Crippen LogP contribution in [-0.4, -0.2) is 56.6 Å². The number of halogens is 1. The Kier molecular flexibility index (Phi) is 6.19. The van der Waals surface area contributed by atoms with Crippen LogP contribution in [0.4, 0.5) is 5.69 Å². The lowest BCUT2D eigenvalue weighted by molar-refractivity contribution is -0.149. The van der Waals surface area contributed by atoms with Crippen molar-refractivity contribution in [1.29, 1.82) is 0 Å². The average Bonchev–Trinajstić information content (AvgIpc) is 2.88. The molecule has 1 aromatic carbocycles. The van der Waals surface area contributed by atoms with Crippen molar-refractivity contribution in [2.45, 2.75) is 26.7 Å². The summed E-state index contributed by atoms with van der Waals surface area (Å²) in [6.07, 6.45) is 1.03. The van der Waals surface area contributed by atoms with Crippen molar-refractivity contribution in [3.8, 4) is 0 Å². The summed E-state index contributed by atoms with van der Waals surface area (Å²) in [5.74, 6) is -2.15. The van der Waals surface area contributed by atoms with E-state index >= 15 is 0 Å². The second kappa shape index (κ2) is 8.31. The number of anilines is 1. The molecular formula is C19H23ClN2O6S. The molecule has 0 bridgehead atoms. The maximum Gasteiger partial charge on any atom is 0.309 e. The van der Waals surface area contributed by atoms with E-state index in [0.717, 1.165) is 4.31 Å². The first-order valence-electron chi connectivity index (χ1n) is 9.48. The van der Waals surface area contributed by atoms with Gasteiger partial charge in [0, 0.05) is 13.1 Å². The molecule has 2 saturated heterocycles. The van der Waals surface area contributed by atoms with E-state index in [0.29, 0.717) is 32.5 Å². The summed E-state index contributed by atoms with van der Waals surface area (Å²) in [4.78, 5) is 38.5. The smallest absolute Gasteiger partial charge is 0.309 e. The topological polar surface area (TPSA) is 101 Å². The van der Waals surface area contributed by atoms with Gasteiger partial charge in [0.1, 0.15) is 0 Å². The molecule has 3 rings (SSSR count). The van der Waals surface area contributed by atoms with Crippen LogP contribution < -0.4 is 4.31 Å². The number of amides is 2. The second-order valence-electron chi connectivity index (χ2n) is 7.26. The predicted molar refractivity (Wildman–Crippen MR) is 107 cm³/mol. The number of sulfonamides is 1. The van der Waals surface area contributed by atoms with Crippen LogP contribution in [0.15, 0.2) is 18.2 Å². The molecule has 2 aliphatic heterocycles. The van der Waals surface area contributed by atoms with Crippen LogP contribution in [0.2, 0.25) is 5.02 Å². The third-order valence-electron chi connectivity index (χ3n) is 5.18. The van der Waals surface area contributed by atoms with Gasteiger partial charge in [0.15, 0.2) is 0 Å². The summed E-state index contributed by atoms with van der Waals surface area (Å²) < 4.78 is 30.3. The van der Waals surface area contributed by atoms with Gasteiger partial charge in [-0.1, -0.05) is 18.5 Å². The second-order valence-corrected chi connectivity index (χ2v) is 9.53. The highest BCUT2D eigenvalue weighted by molar-refractivity contribution is 7.94. The highest BCUT2D eigenvalue weighted by Gasteiger charge is 2.42. The van der Waals surface area contributed by atoms with Crippen LogP contribution in [-0.2, 0) is 24.3 Å². The van der Waals surface area contributed by atoms with Gasteiger partial charge in [-0.3, -0.25) is 14.4 Å². The highest BCUT2D eigenvalue weighted by atomic mass is 35.5. The monoisotopic (exact) mass is 442 g/mol. The van der Waals surface area contributed by atoms with Gasteiger partial charge in [-0.05, 0) is 38.0 Å². The Morgan fingerprint density at radius 2 is 1.90 bits per heavy atom. The zero-order valence-corrected chi connectivity index (χ0v) is 17.8. The molecule has 0 spiro atoms. The molecule has 1 aromatic rings. The van der Waals surface area contributed by atoms with Crippen molar-refractivity contribution in [3.63, 3.8) is 0 Å². The molecule has 2 heterocycles. The predicted octanol–water partition coefficient (Wildman–Crippen LogP) is 2.07. The van der Waals surface area contributed by atoms with E-state index in [-0.39, 0.29) is 39.8 Å². The maximum absolute atomic E-state index is 12.8. The number of esters is 1. The van der Waals surface area contributed by atoms with Crippen molar-refractivity contribution in [1.82, 2.24) is 4.90 Å². The number of nitrogens with zero attached hydrogens (tertiary/aromatic N) is 2. The third-order valence-corrected chi connectivity index (χ3v) is 7.36. The van der Waals surface area contributed by atoms with Gasteiger partial charge < -0.3 is 9.64 Å². The number of piperidine rings is 1. The van der Waals surface area contributed by atoms with Crippen LogP contribution in [0, 0.1) is 11.8 Å². The Morgan fingerprint density at radius 3 is 2.41 bits per heavy atom. The molecule has 1 unspecified atom stereocenters. The first kappa shape index (κ1) is 21.6. The minimum atomic E-state index is -3.74. The van der Waals surface area contributed by atoms with Crippen LogP contribution in [0.3, 0.4) is 0 Å². The number of likely N-dealkylation sites (tertiary alicyclic amines) is 1. The molecule has 0 aromatic heterocycles. The highest BCUT2D eigenvalue weighted by Crippen LogP contribution is 2.32. The zero-order valence-electron chi connectivity index (χ0n) is 16.3. The van der Waals surface area contributed by atoms with Gasteiger partial charge in [0.05, 0.1) is 40.5 Å². The Hall–Kier alpha value is -2.13. The summed E-state index contributed by atoms with van der Waals surface area (Å²) >= 11 is 6.27. The zero-order chi connectivity index (χ0) is 21.3. The maximum atomic E-state index is 12.8. The van der Waals surface area contributed by atoms with Crippen LogP contribution >= 0.6 is 11.6 Å². The fourth-order valence-corrected chi connectivity index (χ4v) is 5.71. The molecule has 0 radical (unpaired) electrons. The first-order chi connectivity index (χ1) is 13.7. The van der Waals surface area contributed by atoms with E-state index in [1.54, 1.807) is 18.7 Å². The van der Waals surface area contributed by atoms with E-state index < -0.39 is 21.8 Å². The van der Waals surface area contributed by atoms with Crippen molar-refractivity contribution in [2.24, 2.45) is 11.8 Å². The van der Waals surface area contributed by atoms with Crippen molar-refractivity contribution < 1.29 is 27.5 Å². The molecule has 2 amide bonds. The minimum Gasteiger partial charge on any atom is -0.466 e. The standard InChI is InChI=1S/C19H23ClN2O6S/c1-3-28-19(25)13-6-8-21(9-7-13)18(24)15-5-4-14(10-16(15)20)22-17(23)12(2)11-29(22,26)27/h4-5,10,12-13H,3,6-9,11H2,1-2H3. The Bertz CT molecular complexity index is 940. The third kappa shape index (κ3) is 4.25. The Balaban J connectivity index is 1.74. The molecule has 158 valence electrons. The number of hydrogen-bond acceptors (Lipinski definition) is 6. The molecule has 2 fully saturated rings.